The van der Waals surface area contributed by atoms with E-state index in [0.717, 1.165) is 19.3 Å². The third-order valence-corrected chi connectivity index (χ3v) is 4.80. The number of carboxylic acid groups (broad SMARTS) is 1. The van der Waals surface area contributed by atoms with E-state index in [1.54, 1.807) is 0 Å². The number of rotatable bonds is 1. The summed E-state index contributed by atoms with van der Waals surface area (Å²) in [5.41, 5.74) is 0. The molecule has 0 spiro atoms. The van der Waals surface area contributed by atoms with Gasteiger partial charge in [-0.3, -0.25) is 4.79 Å². The zero-order valence-corrected chi connectivity index (χ0v) is 11.8. The van der Waals surface area contributed by atoms with Gasteiger partial charge in [0.15, 0.2) is 0 Å². The molecule has 3 aliphatic rings. The smallest absolute Gasteiger partial charge is 0.320 e. The Hall–Kier alpha value is -1.30. The van der Waals surface area contributed by atoms with Crippen LogP contribution in [0.25, 0.3) is 0 Å². The average molecular weight is 282 g/mol. The Balaban J connectivity index is 1.72. The first-order valence-electron chi connectivity index (χ1n) is 7.49. The van der Waals surface area contributed by atoms with Crippen molar-refractivity contribution in [2.45, 2.75) is 50.8 Å². The van der Waals surface area contributed by atoms with Crippen LogP contribution >= 0.6 is 0 Å². The predicted molar refractivity (Wildman–Crippen MR) is 71.4 cm³/mol. The molecule has 112 valence electrons. The fourth-order valence-corrected chi connectivity index (χ4v) is 3.88. The van der Waals surface area contributed by atoms with Crippen LogP contribution in [0.5, 0.6) is 0 Å². The quantitative estimate of drug-likeness (QED) is 0.783. The van der Waals surface area contributed by atoms with E-state index in [1.807, 2.05) is 16.7 Å². The van der Waals surface area contributed by atoms with Crippen LogP contribution in [0, 0.1) is 5.92 Å². The summed E-state index contributed by atoms with van der Waals surface area (Å²) in [6.07, 6.45) is 3.29. The molecule has 4 atom stereocenters. The number of amides is 2. The second-order valence-electron chi connectivity index (χ2n) is 6.15. The summed E-state index contributed by atoms with van der Waals surface area (Å²) in [6.45, 7) is 3.98. The molecule has 0 aromatic heterocycles. The number of nitrogens with zero attached hydrogens (tertiary/aromatic N) is 2. The summed E-state index contributed by atoms with van der Waals surface area (Å²) >= 11 is 0. The number of fused-ring (bicyclic) bond motifs is 2. The van der Waals surface area contributed by atoms with Gasteiger partial charge in [0.25, 0.3) is 0 Å². The molecule has 0 aromatic carbocycles. The van der Waals surface area contributed by atoms with Crippen molar-refractivity contribution in [3.05, 3.63) is 0 Å². The minimum absolute atomic E-state index is 0.0126. The van der Waals surface area contributed by atoms with Crippen molar-refractivity contribution in [1.82, 2.24) is 9.80 Å². The van der Waals surface area contributed by atoms with Crippen molar-refractivity contribution in [3.63, 3.8) is 0 Å². The van der Waals surface area contributed by atoms with Gasteiger partial charge in [0.1, 0.15) is 0 Å². The van der Waals surface area contributed by atoms with Crippen LogP contribution < -0.4 is 0 Å². The zero-order valence-electron chi connectivity index (χ0n) is 11.8. The minimum atomic E-state index is -0.762. The van der Waals surface area contributed by atoms with Gasteiger partial charge in [-0.25, -0.2) is 4.79 Å². The molecule has 3 aliphatic heterocycles. The highest BCUT2D eigenvalue weighted by atomic mass is 16.5. The number of aliphatic carboxylic acids is 1. The van der Waals surface area contributed by atoms with E-state index < -0.39 is 5.97 Å². The molecule has 3 saturated heterocycles. The third-order valence-electron chi connectivity index (χ3n) is 4.80. The van der Waals surface area contributed by atoms with Crippen LogP contribution in [-0.4, -0.2) is 64.8 Å². The Morgan fingerprint density at radius 3 is 2.80 bits per heavy atom. The van der Waals surface area contributed by atoms with Gasteiger partial charge >= 0.3 is 12.0 Å². The van der Waals surface area contributed by atoms with Crippen molar-refractivity contribution in [2.75, 3.05) is 19.7 Å². The molecular formula is C14H22N2O4. The van der Waals surface area contributed by atoms with E-state index in [2.05, 4.69) is 0 Å². The maximum atomic E-state index is 12.7. The van der Waals surface area contributed by atoms with Gasteiger partial charge < -0.3 is 19.6 Å². The Morgan fingerprint density at radius 2 is 2.10 bits per heavy atom. The molecule has 3 fully saturated rings. The lowest BCUT2D eigenvalue weighted by Crippen LogP contribution is -2.48. The number of carboxylic acids is 1. The maximum Gasteiger partial charge on any atom is 0.320 e. The van der Waals surface area contributed by atoms with Crippen molar-refractivity contribution in [3.8, 4) is 0 Å². The summed E-state index contributed by atoms with van der Waals surface area (Å²) in [5, 5.41) is 9.26. The molecule has 1 N–H and O–H groups in total. The number of carbonyl (C=O) groups is 2. The topological polar surface area (TPSA) is 70.1 Å². The van der Waals surface area contributed by atoms with Crippen LogP contribution in [0.3, 0.4) is 0 Å². The number of ether oxygens (including phenoxy) is 1. The average Bonchev–Trinajstić information content (AvgIpc) is 2.91. The van der Waals surface area contributed by atoms with Crippen molar-refractivity contribution in [2.24, 2.45) is 5.92 Å². The van der Waals surface area contributed by atoms with Crippen molar-refractivity contribution in [1.29, 1.82) is 0 Å². The Kier molecular flexibility index (Phi) is 3.58. The van der Waals surface area contributed by atoms with E-state index in [0.29, 0.717) is 26.1 Å². The molecule has 3 heterocycles. The summed E-state index contributed by atoms with van der Waals surface area (Å²) in [7, 11) is 0. The van der Waals surface area contributed by atoms with E-state index >= 15 is 0 Å². The third kappa shape index (κ3) is 2.26. The van der Waals surface area contributed by atoms with Gasteiger partial charge in [-0.2, -0.15) is 0 Å². The molecule has 20 heavy (non-hydrogen) atoms. The van der Waals surface area contributed by atoms with Crippen LogP contribution in [-0.2, 0) is 9.53 Å². The molecule has 0 radical (unpaired) electrons. The number of carbonyl (C=O) groups excluding carboxylic acids is 1. The van der Waals surface area contributed by atoms with Crippen LogP contribution in [0.4, 0.5) is 4.79 Å². The van der Waals surface area contributed by atoms with Gasteiger partial charge in [0.05, 0.1) is 12.0 Å². The van der Waals surface area contributed by atoms with Gasteiger partial charge in [-0.1, -0.05) is 0 Å². The van der Waals surface area contributed by atoms with Crippen LogP contribution in [0.2, 0.25) is 0 Å². The van der Waals surface area contributed by atoms with Crippen molar-refractivity contribution < 1.29 is 19.4 Å². The fraction of sp³-hybridized carbons (Fsp3) is 0.857. The predicted octanol–water partition coefficient (Wildman–Crippen LogP) is 1.15. The normalized spacial score (nSPS) is 37.0. The highest BCUT2D eigenvalue weighted by Gasteiger charge is 2.52. The first-order valence-corrected chi connectivity index (χ1v) is 7.49. The second-order valence-corrected chi connectivity index (χ2v) is 6.15. The highest BCUT2D eigenvalue weighted by Crippen LogP contribution is 2.42. The zero-order chi connectivity index (χ0) is 14.3. The minimum Gasteiger partial charge on any atom is -0.481 e. The Bertz CT molecular complexity index is 414. The molecule has 3 rings (SSSR count). The fourth-order valence-electron chi connectivity index (χ4n) is 3.88. The van der Waals surface area contributed by atoms with Gasteiger partial charge in [0.2, 0.25) is 0 Å². The number of hydrogen-bond donors (Lipinski definition) is 1. The lowest BCUT2D eigenvalue weighted by molar-refractivity contribution is -0.142. The lowest BCUT2D eigenvalue weighted by Gasteiger charge is -2.31. The molecule has 2 bridgehead atoms. The number of hydrogen-bond acceptors (Lipinski definition) is 3. The van der Waals surface area contributed by atoms with Gasteiger partial charge in [0, 0.05) is 31.8 Å². The Labute approximate surface area is 118 Å². The van der Waals surface area contributed by atoms with E-state index in [4.69, 9.17) is 4.74 Å². The van der Waals surface area contributed by atoms with Crippen LogP contribution in [0.15, 0.2) is 0 Å². The molecule has 4 unspecified atom stereocenters. The molecule has 0 aliphatic carbocycles. The molecule has 2 amide bonds. The molecule has 6 heteroatoms. The summed E-state index contributed by atoms with van der Waals surface area (Å²) in [5.74, 6) is -1.14. The van der Waals surface area contributed by atoms with Gasteiger partial charge in [-0.15, -0.1) is 0 Å². The lowest BCUT2D eigenvalue weighted by atomic mass is 9.89. The molecule has 0 saturated carbocycles. The SMILES string of the molecule is CC1CN(C(=O)N2C3CCC2C(C(=O)O)C3)CCCO1. The summed E-state index contributed by atoms with van der Waals surface area (Å²) in [6, 6.07) is 0.0242. The first kappa shape index (κ1) is 13.7. The Morgan fingerprint density at radius 1 is 1.30 bits per heavy atom. The maximum absolute atomic E-state index is 12.7. The monoisotopic (exact) mass is 282 g/mol. The molecular weight excluding hydrogens is 260 g/mol. The molecule has 0 aromatic rings. The van der Waals surface area contributed by atoms with E-state index in [9.17, 15) is 14.7 Å². The highest BCUT2D eigenvalue weighted by molar-refractivity contribution is 5.79. The molecule has 6 nitrogen and oxygen atoms in total. The first-order chi connectivity index (χ1) is 9.58. The summed E-state index contributed by atoms with van der Waals surface area (Å²) in [4.78, 5) is 27.7. The number of urea groups is 1. The van der Waals surface area contributed by atoms with Crippen molar-refractivity contribution >= 4 is 12.0 Å². The van der Waals surface area contributed by atoms with Gasteiger partial charge in [-0.05, 0) is 32.6 Å². The van der Waals surface area contributed by atoms with E-state index in [1.165, 1.54) is 0 Å². The standard InChI is InChI=1S/C14H22N2O4/c1-9-8-15(5-2-6-20-9)14(19)16-10-3-4-12(16)11(7-10)13(17)18/h9-12H,2-8H2,1H3,(H,17,18). The second kappa shape index (κ2) is 5.24. The van der Waals surface area contributed by atoms with E-state index in [-0.39, 0.29) is 30.1 Å². The largest absolute Gasteiger partial charge is 0.481 e. The summed E-state index contributed by atoms with van der Waals surface area (Å²) < 4.78 is 5.57. The van der Waals surface area contributed by atoms with Crippen LogP contribution in [0.1, 0.15) is 32.6 Å².